The molecule has 3 rings (SSSR count). The number of benzene rings is 2. The van der Waals surface area contributed by atoms with Crippen molar-refractivity contribution in [3.8, 4) is 0 Å². The second kappa shape index (κ2) is 16.2. The molecule has 6 nitrogen and oxygen atoms in total. The summed E-state index contributed by atoms with van der Waals surface area (Å²) in [5, 5.41) is 1.06. The molecule has 0 aliphatic carbocycles. The Labute approximate surface area is 240 Å². The maximum absolute atomic E-state index is 13.7. The Bertz CT molecular complexity index is 1220. The Balaban J connectivity index is 1.75. The van der Waals surface area contributed by atoms with Crippen LogP contribution in [0.4, 0.5) is 13.2 Å². The number of H-pyrrole nitrogens is 1. The highest BCUT2D eigenvalue weighted by atomic mass is 19.4. The number of rotatable bonds is 17. The van der Waals surface area contributed by atoms with Crippen LogP contribution in [0.15, 0.2) is 54.7 Å². The highest BCUT2D eigenvalue weighted by Gasteiger charge is 2.30. The Morgan fingerprint density at radius 3 is 2.32 bits per heavy atom. The molecule has 0 atom stereocenters. The number of para-hydroxylation sites is 1. The van der Waals surface area contributed by atoms with Crippen LogP contribution in [0.25, 0.3) is 10.9 Å². The number of amides is 2. The number of ether oxygens (including phenoxy) is 1. The molecule has 1 aromatic heterocycles. The number of carbonyl (C=O) groups excluding carboxylic acids is 2. The quantitative estimate of drug-likeness (QED) is 0.177. The van der Waals surface area contributed by atoms with Crippen molar-refractivity contribution < 1.29 is 27.5 Å². The molecule has 0 saturated carbocycles. The van der Waals surface area contributed by atoms with Crippen LogP contribution in [0.5, 0.6) is 0 Å². The average molecular weight is 574 g/mol. The number of carbonyl (C=O) groups is 2. The van der Waals surface area contributed by atoms with Crippen LogP contribution in [0.1, 0.15) is 68.6 Å². The maximum atomic E-state index is 13.7. The first kappa shape index (κ1) is 32.2. The molecule has 0 aliphatic heterocycles. The van der Waals surface area contributed by atoms with Crippen molar-refractivity contribution in [3.63, 3.8) is 0 Å². The molecule has 0 radical (unpaired) electrons. The molecule has 3 aromatic rings. The third-order valence-electron chi connectivity index (χ3n) is 7.28. The molecule has 0 aliphatic rings. The molecule has 224 valence electrons. The highest BCUT2D eigenvalue weighted by Crippen LogP contribution is 2.29. The number of aromatic amines is 1. The Kier molecular flexibility index (Phi) is 12.7. The number of hydrogen-bond donors (Lipinski definition) is 1. The van der Waals surface area contributed by atoms with Gasteiger partial charge in [-0.1, -0.05) is 62.9 Å². The second-order valence-corrected chi connectivity index (χ2v) is 10.4. The van der Waals surface area contributed by atoms with Gasteiger partial charge in [0.15, 0.2) is 0 Å². The summed E-state index contributed by atoms with van der Waals surface area (Å²) in [5.41, 5.74) is 1.91. The van der Waals surface area contributed by atoms with Crippen molar-refractivity contribution in [3.05, 3.63) is 71.4 Å². The minimum Gasteiger partial charge on any atom is -0.385 e. The summed E-state index contributed by atoms with van der Waals surface area (Å²) >= 11 is 0. The van der Waals surface area contributed by atoms with Gasteiger partial charge in [-0.05, 0) is 48.6 Å². The predicted molar refractivity (Wildman–Crippen MR) is 155 cm³/mol. The summed E-state index contributed by atoms with van der Waals surface area (Å²) < 4.78 is 44.5. The van der Waals surface area contributed by atoms with E-state index in [4.69, 9.17) is 4.74 Å². The van der Waals surface area contributed by atoms with Crippen LogP contribution in [-0.4, -0.2) is 59.9 Å². The first-order valence-electron chi connectivity index (χ1n) is 14.5. The number of halogens is 3. The first-order valence-corrected chi connectivity index (χ1v) is 14.5. The van der Waals surface area contributed by atoms with Crippen molar-refractivity contribution >= 4 is 22.7 Å². The number of hydrogen-bond acceptors (Lipinski definition) is 3. The molecule has 0 bridgehead atoms. The Morgan fingerprint density at radius 2 is 1.61 bits per heavy atom. The van der Waals surface area contributed by atoms with Crippen LogP contribution in [0, 0.1) is 0 Å². The van der Waals surface area contributed by atoms with Crippen molar-refractivity contribution in [1.29, 1.82) is 0 Å². The number of alkyl halides is 3. The summed E-state index contributed by atoms with van der Waals surface area (Å²) in [7, 11) is 1.60. The molecule has 2 amide bonds. The molecule has 0 fully saturated rings. The molecule has 1 N–H and O–H groups in total. The van der Waals surface area contributed by atoms with Crippen molar-refractivity contribution in [2.45, 2.75) is 71.0 Å². The van der Waals surface area contributed by atoms with E-state index in [1.807, 2.05) is 30.5 Å². The van der Waals surface area contributed by atoms with Gasteiger partial charge >= 0.3 is 6.18 Å². The summed E-state index contributed by atoms with van der Waals surface area (Å²) in [5.74, 6) is -0.293. The van der Waals surface area contributed by atoms with Gasteiger partial charge in [-0.25, -0.2) is 0 Å². The van der Waals surface area contributed by atoms with Gasteiger partial charge in [0.2, 0.25) is 11.8 Å². The van der Waals surface area contributed by atoms with Crippen molar-refractivity contribution in [2.24, 2.45) is 0 Å². The second-order valence-electron chi connectivity index (χ2n) is 10.4. The minimum atomic E-state index is -4.43. The number of fused-ring (bicyclic) bond motifs is 1. The fourth-order valence-electron chi connectivity index (χ4n) is 4.90. The average Bonchev–Trinajstić information content (AvgIpc) is 3.37. The summed E-state index contributed by atoms with van der Waals surface area (Å²) in [4.78, 5) is 33.3. The summed E-state index contributed by atoms with van der Waals surface area (Å²) in [6, 6.07) is 12.8. The maximum Gasteiger partial charge on any atom is 0.416 e. The monoisotopic (exact) mass is 573 g/mol. The lowest BCUT2D eigenvalue weighted by molar-refractivity contribution is -0.141. The summed E-state index contributed by atoms with van der Waals surface area (Å²) in [6.45, 7) is 3.46. The molecule has 1 heterocycles. The van der Waals surface area contributed by atoms with Gasteiger partial charge in [0.05, 0.1) is 12.1 Å². The topological polar surface area (TPSA) is 65.6 Å². The molecular formula is C32H42F3N3O3. The largest absolute Gasteiger partial charge is 0.416 e. The van der Waals surface area contributed by atoms with Crippen LogP contribution in [-0.2, 0) is 33.5 Å². The lowest BCUT2D eigenvalue weighted by atomic mass is 10.1. The molecule has 0 spiro atoms. The van der Waals surface area contributed by atoms with Crippen molar-refractivity contribution in [1.82, 2.24) is 14.8 Å². The van der Waals surface area contributed by atoms with Gasteiger partial charge < -0.3 is 19.5 Å². The zero-order chi connectivity index (χ0) is 29.7. The van der Waals surface area contributed by atoms with Gasteiger partial charge in [-0.2, -0.15) is 13.2 Å². The third kappa shape index (κ3) is 10.2. The van der Waals surface area contributed by atoms with Crippen molar-refractivity contribution in [2.75, 3.05) is 33.4 Å². The first-order chi connectivity index (χ1) is 19.7. The van der Waals surface area contributed by atoms with Crippen LogP contribution in [0.2, 0.25) is 0 Å². The third-order valence-corrected chi connectivity index (χ3v) is 7.28. The van der Waals surface area contributed by atoms with Crippen LogP contribution in [0.3, 0.4) is 0 Å². The summed E-state index contributed by atoms with van der Waals surface area (Å²) in [6.07, 6.45) is 4.16. The normalized spacial score (nSPS) is 11.6. The number of unbranched alkanes of at least 4 members (excludes halogenated alkanes) is 4. The van der Waals surface area contributed by atoms with E-state index in [1.165, 1.54) is 12.1 Å². The van der Waals surface area contributed by atoms with E-state index in [0.717, 1.165) is 60.7 Å². The Hall–Kier alpha value is -3.33. The van der Waals surface area contributed by atoms with E-state index in [-0.39, 0.29) is 24.9 Å². The van der Waals surface area contributed by atoms with Gasteiger partial charge in [0.1, 0.15) is 0 Å². The number of methoxy groups -OCH3 is 1. The lowest BCUT2D eigenvalue weighted by Gasteiger charge is -2.28. The SMILES string of the molecule is CCCCCCCC(=O)N(CCCOC)CC(=O)N(CCc1c[nH]c2ccccc12)Cc1ccc(C(F)(F)F)cc1. The molecular weight excluding hydrogens is 531 g/mol. The molecule has 9 heteroatoms. The number of aromatic nitrogens is 1. The van der Waals surface area contributed by atoms with Gasteiger partial charge in [0, 0.05) is 56.9 Å². The van der Waals surface area contributed by atoms with E-state index in [2.05, 4.69) is 11.9 Å². The minimum absolute atomic E-state index is 0.0583. The molecule has 41 heavy (non-hydrogen) atoms. The van der Waals surface area contributed by atoms with E-state index in [9.17, 15) is 22.8 Å². The van der Waals surface area contributed by atoms with E-state index in [0.29, 0.717) is 44.5 Å². The van der Waals surface area contributed by atoms with E-state index in [1.54, 1.807) is 16.9 Å². The van der Waals surface area contributed by atoms with Gasteiger partial charge in [-0.3, -0.25) is 9.59 Å². The number of nitrogens with zero attached hydrogens (tertiary/aromatic N) is 2. The van der Waals surface area contributed by atoms with Crippen LogP contribution >= 0.6 is 0 Å². The van der Waals surface area contributed by atoms with Gasteiger partial charge in [-0.15, -0.1) is 0 Å². The molecule has 2 aromatic carbocycles. The fraction of sp³-hybridized carbons (Fsp3) is 0.500. The van der Waals surface area contributed by atoms with Crippen LogP contribution < -0.4 is 0 Å². The lowest BCUT2D eigenvalue weighted by Crippen LogP contribution is -2.44. The smallest absolute Gasteiger partial charge is 0.385 e. The predicted octanol–water partition coefficient (Wildman–Crippen LogP) is 6.98. The fourth-order valence-corrected chi connectivity index (χ4v) is 4.90. The van der Waals surface area contributed by atoms with E-state index >= 15 is 0 Å². The molecule has 0 saturated heterocycles. The zero-order valence-corrected chi connectivity index (χ0v) is 24.1. The zero-order valence-electron chi connectivity index (χ0n) is 24.1. The standard InChI is InChI=1S/C32H42F3N3O3/c1-3-4-5-6-7-13-30(39)37(19-10-21-41-2)24-31(40)38(23-25-14-16-27(17-15-25)32(33,34)35)20-18-26-22-36-29-12-9-8-11-28(26)29/h8-9,11-12,14-17,22,36H,3-7,10,13,18-21,23-24H2,1-2H3. The van der Waals surface area contributed by atoms with E-state index < -0.39 is 11.7 Å². The van der Waals surface area contributed by atoms with Gasteiger partial charge in [0.25, 0.3) is 0 Å². The Morgan fingerprint density at radius 1 is 0.878 bits per heavy atom. The number of nitrogens with one attached hydrogen (secondary N) is 1. The molecule has 0 unspecified atom stereocenters. The highest BCUT2D eigenvalue weighted by molar-refractivity contribution is 5.85.